The summed E-state index contributed by atoms with van der Waals surface area (Å²) in [7, 11) is 0. The van der Waals surface area contributed by atoms with Gasteiger partial charge in [0.15, 0.2) is 5.76 Å². The third-order valence-corrected chi connectivity index (χ3v) is 4.12. The summed E-state index contributed by atoms with van der Waals surface area (Å²) in [5, 5.41) is 6.08. The fourth-order valence-corrected chi connectivity index (χ4v) is 2.78. The van der Waals surface area contributed by atoms with Crippen molar-refractivity contribution in [2.75, 3.05) is 0 Å². The molecule has 0 radical (unpaired) electrons. The van der Waals surface area contributed by atoms with Gasteiger partial charge in [0, 0.05) is 0 Å². The fraction of sp³-hybridized carbons (Fsp3) is 0.133. The highest BCUT2D eigenvalue weighted by molar-refractivity contribution is 7.13. The standard InChI is InChI=1S/C15H11N3O4S/c1-9-10(16-14(21-9)12-5-3-7-23-12)8-18-15(19)22-13(17-18)11-4-2-6-20-11/h2-7H,8H2,1H3. The van der Waals surface area contributed by atoms with E-state index in [1.165, 1.54) is 22.3 Å². The van der Waals surface area contributed by atoms with Gasteiger partial charge >= 0.3 is 5.76 Å². The van der Waals surface area contributed by atoms with Gasteiger partial charge in [0.1, 0.15) is 11.5 Å². The number of nitrogens with zero attached hydrogens (tertiary/aromatic N) is 3. The van der Waals surface area contributed by atoms with Gasteiger partial charge < -0.3 is 13.3 Å². The van der Waals surface area contributed by atoms with Gasteiger partial charge in [-0.05, 0) is 30.5 Å². The van der Waals surface area contributed by atoms with E-state index in [4.69, 9.17) is 13.3 Å². The van der Waals surface area contributed by atoms with Crippen LogP contribution >= 0.6 is 11.3 Å². The first-order valence-electron chi connectivity index (χ1n) is 6.83. The molecule has 4 rings (SSSR count). The highest BCUT2D eigenvalue weighted by Gasteiger charge is 2.17. The number of thiophene rings is 1. The lowest BCUT2D eigenvalue weighted by atomic mass is 10.4. The molecule has 0 aromatic carbocycles. The van der Waals surface area contributed by atoms with Crippen molar-refractivity contribution >= 4 is 11.3 Å². The molecule has 0 saturated heterocycles. The number of rotatable bonds is 4. The van der Waals surface area contributed by atoms with Gasteiger partial charge in [-0.3, -0.25) is 0 Å². The molecule has 0 aliphatic carbocycles. The van der Waals surface area contributed by atoms with Crippen LogP contribution in [0.4, 0.5) is 0 Å². The minimum atomic E-state index is -0.573. The van der Waals surface area contributed by atoms with Gasteiger partial charge in [-0.2, -0.15) is 4.68 Å². The summed E-state index contributed by atoms with van der Waals surface area (Å²) >= 11 is 1.54. The van der Waals surface area contributed by atoms with Crippen molar-refractivity contribution in [2.24, 2.45) is 0 Å². The molecule has 116 valence electrons. The average molecular weight is 329 g/mol. The molecular weight excluding hydrogens is 318 g/mol. The van der Waals surface area contributed by atoms with E-state index in [0.29, 0.717) is 23.1 Å². The van der Waals surface area contributed by atoms with Crippen LogP contribution in [0.15, 0.2) is 54.0 Å². The predicted molar refractivity (Wildman–Crippen MR) is 82.1 cm³/mol. The van der Waals surface area contributed by atoms with Gasteiger partial charge in [-0.15, -0.1) is 16.4 Å². The van der Waals surface area contributed by atoms with Gasteiger partial charge in [0.25, 0.3) is 5.89 Å². The van der Waals surface area contributed by atoms with Crippen LogP contribution in [0.25, 0.3) is 22.4 Å². The maximum absolute atomic E-state index is 11.9. The van der Waals surface area contributed by atoms with Crippen molar-refractivity contribution in [3.8, 4) is 22.4 Å². The summed E-state index contributed by atoms with van der Waals surface area (Å²) in [6, 6.07) is 7.23. The van der Waals surface area contributed by atoms with E-state index in [9.17, 15) is 4.79 Å². The molecule has 0 bridgehead atoms. The van der Waals surface area contributed by atoms with Crippen molar-refractivity contribution in [1.29, 1.82) is 0 Å². The van der Waals surface area contributed by atoms with Crippen molar-refractivity contribution < 1.29 is 13.3 Å². The maximum Gasteiger partial charge on any atom is 0.437 e. The van der Waals surface area contributed by atoms with Crippen molar-refractivity contribution in [3.05, 3.63) is 57.9 Å². The minimum Gasteiger partial charge on any atom is -0.459 e. The quantitative estimate of drug-likeness (QED) is 0.571. The first-order valence-corrected chi connectivity index (χ1v) is 7.70. The normalized spacial score (nSPS) is 11.2. The van der Waals surface area contributed by atoms with Crippen LogP contribution in [0.1, 0.15) is 11.5 Å². The van der Waals surface area contributed by atoms with Gasteiger partial charge in [-0.1, -0.05) is 6.07 Å². The molecule has 0 N–H and O–H groups in total. The monoisotopic (exact) mass is 329 g/mol. The second-order valence-electron chi connectivity index (χ2n) is 4.81. The largest absolute Gasteiger partial charge is 0.459 e. The zero-order valence-corrected chi connectivity index (χ0v) is 12.9. The number of hydrogen-bond acceptors (Lipinski definition) is 7. The van der Waals surface area contributed by atoms with Crippen LogP contribution in [-0.4, -0.2) is 14.8 Å². The third-order valence-electron chi connectivity index (χ3n) is 3.26. The van der Waals surface area contributed by atoms with Crippen LogP contribution < -0.4 is 5.76 Å². The zero-order valence-electron chi connectivity index (χ0n) is 12.1. The molecule has 0 amide bonds. The predicted octanol–water partition coefficient (Wildman–Crippen LogP) is 3.17. The minimum absolute atomic E-state index is 0.139. The summed E-state index contributed by atoms with van der Waals surface area (Å²) in [5.74, 6) is 1.14. The lowest BCUT2D eigenvalue weighted by Gasteiger charge is -1.94. The molecule has 4 aromatic heterocycles. The van der Waals surface area contributed by atoms with E-state index >= 15 is 0 Å². The highest BCUT2D eigenvalue weighted by Crippen LogP contribution is 2.26. The van der Waals surface area contributed by atoms with Gasteiger partial charge in [-0.25, -0.2) is 9.78 Å². The molecule has 0 aliphatic heterocycles. The first kappa shape index (κ1) is 13.8. The molecule has 0 atom stereocenters. The molecule has 0 aliphatic rings. The van der Waals surface area contributed by atoms with Crippen LogP contribution in [0.2, 0.25) is 0 Å². The Balaban J connectivity index is 1.65. The van der Waals surface area contributed by atoms with Crippen LogP contribution in [0.5, 0.6) is 0 Å². The van der Waals surface area contributed by atoms with Crippen LogP contribution in [0.3, 0.4) is 0 Å². The second kappa shape index (κ2) is 5.40. The SMILES string of the molecule is Cc1oc(-c2cccs2)nc1Cn1nc(-c2ccco2)oc1=O. The van der Waals surface area contributed by atoms with E-state index in [2.05, 4.69) is 10.1 Å². The second-order valence-corrected chi connectivity index (χ2v) is 5.75. The van der Waals surface area contributed by atoms with Crippen molar-refractivity contribution in [1.82, 2.24) is 14.8 Å². The Bertz CT molecular complexity index is 977. The van der Waals surface area contributed by atoms with Crippen LogP contribution in [0, 0.1) is 6.92 Å². The lowest BCUT2D eigenvalue weighted by Crippen LogP contribution is -2.17. The van der Waals surface area contributed by atoms with E-state index in [1.807, 2.05) is 17.5 Å². The molecule has 23 heavy (non-hydrogen) atoms. The molecule has 0 saturated carbocycles. The Morgan fingerprint density at radius 2 is 2.13 bits per heavy atom. The Kier molecular flexibility index (Phi) is 3.23. The summed E-state index contributed by atoms with van der Waals surface area (Å²) in [6.07, 6.45) is 1.49. The topological polar surface area (TPSA) is 87.2 Å². The van der Waals surface area contributed by atoms with Crippen LogP contribution in [-0.2, 0) is 6.54 Å². The highest BCUT2D eigenvalue weighted by atomic mass is 32.1. The molecule has 7 nitrogen and oxygen atoms in total. The van der Waals surface area contributed by atoms with E-state index < -0.39 is 5.76 Å². The molecular formula is C15H11N3O4S. The molecule has 0 unspecified atom stereocenters. The summed E-state index contributed by atoms with van der Waals surface area (Å²) in [4.78, 5) is 17.3. The summed E-state index contributed by atoms with van der Waals surface area (Å²) in [6.45, 7) is 1.97. The third kappa shape index (κ3) is 2.53. The van der Waals surface area contributed by atoms with Crippen molar-refractivity contribution in [3.63, 3.8) is 0 Å². The van der Waals surface area contributed by atoms with Crippen molar-refractivity contribution in [2.45, 2.75) is 13.5 Å². The lowest BCUT2D eigenvalue weighted by molar-refractivity contribution is 0.474. The maximum atomic E-state index is 11.9. The van der Waals surface area contributed by atoms with Gasteiger partial charge in [0.05, 0.1) is 17.7 Å². The fourth-order valence-electron chi connectivity index (χ4n) is 2.13. The number of oxazole rings is 1. The average Bonchev–Trinajstić information content (AvgIpc) is 3.29. The summed E-state index contributed by atoms with van der Waals surface area (Å²) in [5.41, 5.74) is 0.634. The Hall–Kier alpha value is -2.87. The first-order chi connectivity index (χ1) is 11.2. The number of hydrogen-bond donors (Lipinski definition) is 0. The molecule has 4 heterocycles. The number of furan rings is 1. The molecule has 0 fully saturated rings. The number of aromatic nitrogens is 3. The molecule has 0 spiro atoms. The smallest absolute Gasteiger partial charge is 0.437 e. The molecule has 8 heteroatoms. The zero-order chi connectivity index (χ0) is 15.8. The number of aryl methyl sites for hydroxylation is 1. The van der Waals surface area contributed by atoms with E-state index in [-0.39, 0.29) is 12.4 Å². The van der Waals surface area contributed by atoms with E-state index in [0.717, 1.165) is 4.88 Å². The Morgan fingerprint density at radius 1 is 1.22 bits per heavy atom. The van der Waals surface area contributed by atoms with Gasteiger partial charge in [0.2, 0.25) is 5.89 Å². The summed E-state index contributed by atoms with van der Waals surface area (Å²) < 4.78 is 17.1. The Morgan fingerprint density at radius 3 is 2.87 bits per heavy atom. The van der Waals surface area contributed by atoms with E-state index in [1.54, 1.807) is 19.1 Å². The Labute approximate surface area is 133 Å². The molecule has 4 aromatic rings.